The maximum atomic E-state index is 11.5. The number of nitrogens with zero attached hydrogens (tertiary/aromatic N) is 5. The molecule has 1 aromatic rings. The van der Waals surface area contributed by atoms with Crippen molar-refractivity contribution in [2.45, 2.75) is 19.3 Å². The molecule has 0 spiro atoms. The van der Waals surface area contributed by atoms with Crippen LogP contribution in [0.4, 0.5) is 17.8 Å². The smallest absolute Gasteiger partial charge is 0.239 e. The van der Waals surface area contributed by atoms with Gasteiger partial charge in [-0.1, -0.05) is 0 Å². The Bertz CT molecular complexity index is 501. The van der Waals surface area contributed by atoms with Crippen LogP contribution in [-0.2, 0) is 4.79 Å². The van der Waals surface area contributed by atoms with Crippen LogP contribution >= 0.6 is 0 Å². The van der Waals surface area contributed by atoms with Gasteiger partial charge in [0.1, 0.15) is 0 Å². The number of piperazine rings is 1. The Balaban J connectivity index is 1.83. The number of nitrogen functional groups attached to an aromatic ring is 1. The molecule has 2 fully saturated rings. The zero-order valence-corrected chi connectivity index (χ0v) is 11.4. The maximum absolute atomic E-state index is 11.5. The third kappa shape index (κ3) is 2.73. The first kappa shape index (κ1) is 12.9. The predicted octanol–water partition coefficient (Wildman–Crippen LogP) is -0.620. The molecular weight excluding hydrogens is 258 g/mol. The van der Waals surface area contributed by atoms with Gasteiger partial charge in [0.25, 0.3) is 0 Å². The van der Waals surface area contributed by atoms with Crippen LogP contribution in [-0.4, -0.2) is 53.6 Å². The maximum Gasteiger partial charge on any atom is 0.239 e. The molecular formula is C12H19N7O. The summed E-state index contributed by atoms with van der Waals surface area (Å²) in [5.74, 6) is 1.31. The van der Waals surface area contributed by atoms with Crippen LogP contribution in [0.1, 0.15) is 19.3 Å². The van der Waals surface area contributed by atoms with Gasteiger partial charge in [-0.2, -0.15) is 15.0 Å². The van der Waals surface area contributed by atoms with E-state index >= 15 is 0 Å². The summed E-state index contributed by atoms with van der Waals surface area (Å²) in [4.78, 5) is 28.3. The molecule has 0 aromatic carbocycles. The van der Waals surface area contributed by atoms with E-state index in [1.54, 1.807) is 0 Å². The second-order valence-corrected chi connectivity index (χ2v) is 5.11. The number of piperidine rings is 1. The topological polar surface area (TPSA) is 100 Å². The minimum absolute atomic E-state index is 0.0187. The van der Waals surface area contributed by atoms with Gasteiger partial charge in [-0.25, -0.2) is 0 Å². The quantitative estimate of drug-likeness (QED) is 0.743. The number of nitrogens with one attached hydrogen (secondary N) is 1. The van der Waals surface area contributed by atoms with E-state index in [1.807, 2.05) is 4.90 Å². The summed E-state index contributed by atoms with van der Waals surface area (Å²) in [6.07, 6.45) is 3.54. The van der Waals surface area contributed by atoms with Gasteiger partial charge in [0.15, 0.2) is 0 Å². The van der Waals surface area contributed by atoms with Gasteiger partial charge in [0, 0.05) is 26.2 Å². The van der Waals surface area contributed by atoms with Crippen molar-refractivity contribution in [2.75, 3.05) is 48.3 Å². The molecule has 0 unspecified atom stereocenters. The number of carbonyl (C=O) groups excluding carboxylic acids is 1. The number of rotatable bonds is 2. The third-order valence-corrected chi connectivity index (χ3v) is 3.59. The van der Waals surface area contributed by atoms with Crippen LogP contribution in [0, 0.1) is 0 Å². The number of aromatic nitrogens is 3. The highest BCUT2D eigenvalue weighted by molar-refractivity contribution is 5.82. The molecule has 0 aliphatic carbocycles. The Morgan fingerprint density at radius 2 is 1.65 bits per heavy atom. The summed E-state index contributed by atoms with van der Waals surface area (Å²) < 4.78 is 0. The molecule has 2 aliphatic rings. The summed E-state index contributed by atoms with van der Waals surface area (Å²) in [5, 5.41) is 2.78. The fraction of sp³-hybridized carbons (Fsp3) is 0.667. The molecule has 8 heteroatoms. The summed E-state index contributed by atoms with van der Waals surface area (Å²) >= 11 is 0. The fourth-order valence-electron chi connectivity index (χ4n) is 2.56. The third-order valence-electron chi connectivity index (χ3n) is 3.59. The summed E-state index contributed by atoms with van der Waals surface area (Å²) in [5.41, 5.74) is 5.79. The van der Waals surface area contributed by atoms with Crippen molar-refractivity contribution in [1.29, 1.82) is 0 Å². The van der Waals surface area contributed by atoms with Crippen LogP contribution in [0.2, 0.25) is 0 Å². The molecule has 0 bridgehead atoms. The van der Waals surface area contributed by atoms with E-state index in [0.717, 1.165) is 25.9 Å². The standard InChI is InChI=1S/C12H19N7O/c13-10-15-11(18-5-2-1-3-6-18)17-12(16-10)19-7-4-14-9(20)8-19/h1-8H2,(H,14,20)(H2,13,15,16,17). The molecule has 1 amide bonds. The molecule has 3 rings (SSSR count). The van der Waals surface area contributed by atoms with E-state index in [2.05, 4.69) is 25.2 Å². The minimum Gasteiger partial charge on any atom is -0.368 e. The zero-order valence-electron chi connectivity index (χ0n) is 11.4. The van der Waals surface area contributed by atoms with Crippen LogP contribution in [0.3, 0.4) is 0 Å². The highest BCUT2D eigenvalue weighted by Crippen LogP contribution is 2.19. The van der Waals surface area contributed by atoms with Gasteiger partial charge in [0.2, 0.25) is 23.8 Å². The molecule has 108 valence electrons. The molecule has 8 nitrogen and oxygen atoms in total. The number of nitrogens with two attached hydrogens (primary N) is 1. The largest absolute Gasteiger partial charge is 0.368 e. The molecule has 2 aliphatic heterocycles. The lowest BCUT2D eigenvalue weighted by molar-refractivity contribution is -0.120. The van der Waals surface area contributed by atoms with Gasteiger partial charge in [0.05, 0.1) is 6.54 Å². The highest BCUT2D eigenvalue weighted by atomic mass is 16.2. The lowest BCUT2D eigenvalue weighted by atomic mass is 10.1. The predicted molar refractivity (Wildman–Crippen MR) is 75.5 cm³/mol. The van der Waals surface area contributed by atoms with E-state index in [1.165, 1.54) is 6.42 Å². The second kappa shape index (κ2) is 5.48. The van der Waals surface area contributed by atoms with Crippen LogP contribution < -0.4 is 20.9 Å². The molecule has 0 saturated carbocycles. The van der Waals surface area contributed by atoms with Crippen molar-refractivity contribution < 1.29 is 4.79 Å². The summed E-state index contributed by atoms with van der Waals surface area (Å²) in [7, 11) is 0. The molecule has 3 N–H and O–H groups in total. The average Bonchev–Trinajstić information content (AvgIpc) is 2.47. The van der Waals surface area contributed by atoms with E-state index in [4.69, 9.17) is 5.73 Å². The Morgan fingerprint density at radius 1 is 0.950 bits per heavy atom. The van der Waals surface area contributed by atoms with Crippen molar-refractivity contribution in [2.24, 2.45) is 0 Å². The zero-order chi connectivity index (χ0) is 13.9. The van der Waals surface area contributed by atoms with E-state index < -0.39 is 0 Å². The van der Waals surface area contributed by atoms with Gasteiger partial charge in [-0.05, 0) is 19.3 Å². The normalized spacial score (nSPS) is 19.9. The van der Waals surface area contributed by atoms with Crippen molar-refractivity contribution in [3.63, 3.8) is 0 Å². The first-order valence-electron chi connectivity index (χ1n) is 7.00. The SMILES string of the molecule is Nc1nc(N2CCCCC2)nc(N2CCNC(=O)C2)n1. The number of hydrogen-bond acceptors (Lipinski definition) is 7. The Kier molecular flexibility index (Phi) is 3.53. The van der Waals surface area contributed by atoms with Crippen molar-refractivity contribution in [3.05, 3.63) is 0 Å². The van der Waals surface area contributed by atoms with Crippen LogP contribution in [0.25, 0.3) is 0 Å². The van der Waals surface area contributed by atoms with Crippen LogP contribution in [0.5, 0.6) is 0 Å². The first-order valence-corrected chi connectivity index (χ1v) is 7.00. The van der Waals surface area contributed by atoms with Gasteiger partial charge < -0.3 is 20.9 Å². The number of carbonyl (C=O) groups is 1. The van der Waals surface area contributed by atoms with Gasteiger partial charge >= 0.3 is 0 Å². The first-order chi connectivity index (χ1) is 9.72. The molecule has 0 radical (unpaired) electrons. The van der Waals surface area contributed by atoms with Crippen molar-refractivity contribution in [3.8, 4) is 0 Å². The number of anilines is 3. The second-order valence-electron chi connectivity index (χ2n) is 5.11. The summed E-state index contributed by atoms with van der Waals surface area (Å²) in [6.45, 7) is 3.45. The fourth-order valence-corrected chi connectivity index (χ4v) is 2.56. The number of hydrogen-bond donors (Lipinski definition) is 2. The van der Waals surface area contributed by atoms with Crippen LogP contribution in [0.15, 0.2) is 0 Å². The molecule has 2 saturated heterocycles. The van der Waals surface area contributed by atoms with E-state index in [0.29, 0.717) is 25.0 Å². The van der Waals surface area contributed by atoms with E-state index in [-0.39, 0.29) is 18.4 Å². The Hall–Kier alpha value is -2.12. The average molecular weight is 277 g/mol. The lowest BCUT2D eigenvalue weighted by Crippen LogP contribution is -2.48. The van der Waals surface area contributed by atoms with Crippen molar-refractivity contribution in [1.82, 2.24) is 20.3 Å². The Morgan fingerprint density at radius 3 is 2.35 bits per heavy atom. The van der Waals surface area contributed by atoms with Gasteiger partial charge in [-0.15, -0.1) is 0 Å². The number of amides is 1. The molecule has 20 heavy (non-hydrogen) atoms. The molecule has 3 heterocycles. The van der Waals surface area contributed by atoms with Crippen molar-refractivity contribution >= 4 is 23.8 Å². The Labute approximate surface area is 117 Å². The monoisotopic (exact) mass is 277 g/mol. The lowest BCUT2D eigenvalue weighted by Gasteiger charge is -2.29. The minimum atomic E-state index is -0.0187. The highest BCUT2D eigenvalue weighted by Gasteiger charge is 2.22. The van der Waals surface area contributed by atoms with E-state index in [9.17, 15) is 4.79 Å². The molecule has 0 atom stereocenters. The summed E-state index contributed by atoms with van der Waals surface area (Å²) in [6, 6.07) is 0. The van der Waals surface area contributed by atoms with Gasteiger partial charge in [-0.3, -0.25) is 4.79 Å². The molecule has 1 aromatic heterocycles.